The summed E-state index contributed by atoms with van der Waals surface area (Å²) >= 11 is 1.76. The Balaban J connectivity index is 1.44. The van der Waals surface area contributed by atoms with Gasteiger partial charge in [0.2, 0.25) is 0 Å². The summed E-state index contributed by atoms with van der Waals surface area (Å²) in [6, 6.07) is 47.7. The minimum Gasteiger partial charge on any atom is -0.233 e. The molecule has 2 heterocycles. The van der Waals surface area contributed by atoms with Crippen molar-refractivity contribution in [3.63, 3.8) is 0 Å². The van der Waals surface area contributed by atoms with Crippen LogP contribution in [0.3, 0.4) is 0 Å². The number of hydrogen-bond donors (Lipinski definition) is 0. The maximum Gasteiger partial charge on any atom is 0.268 e. The van der Waals surface area contributed by atoms with Crippen molar-refractivity contribution in [2.75, 3.05) is 0 Å². The van der Waals surface area contributed by atoms with E-state index in [0.717, 1.165) is 20.9 Å². The second kappa shape index (κ2) is 9.76. The summed E-state index contributed by atoms with van der Waals surface area (Å²) in [6.45, 7) is 4.26. The third-order valence-corrected chi connectivity index (χ3v) is 12.6. The van der Waals surface area contributed by atoms with Crippen LogP contribution in [0.2, 0.25) is 0 Å². The Bertz CT molecular complexity index is 2550. The SMILES string of the molecule is Cc1ccc(C2(c3ccc(C)cc3)c3ccccc3-c3sc4cc5c(cc4c32)c2ccccc2n5S(=O)(=O)c2ccccc2)cc1. The molecule has 6 aromatic carbocycles. The lowest BCUT2D eigenvalue weighted by molar-refractivity contribution is 0.590. The fraction of sp³-hybridized carbons (Fsp3) is 0.0732. The zero-order valence-electron chi connectivity index (χ0n) is 25.4. The fourth-order valence-corrected chi connectivity index (χ4v) is 10.4. The molecule has 0 aliphatic heterocycles. The van der Waals surface area contributed by atoms with Gasteiger partial charge >= 0.3 is 0 Å². The van der Waals surface area contributed by atoms with Gasteiger partial charge in [-0.25, -0.2) is 12.4 Å². The molecule has 1 aliphatic carbocycles. The van der Waals surface area contributed by atoms with Crippen molar-refractivity contribution in [2.45, 2.75) is 24.2 Å². The maximum absolute atomic E-state index is 14.3. The molecule has 0 radical (unpaired) electrons. The van der Waals surface area contributed by atoms with Crippen LogP contribution in [0.5, 0.6) is 0 Å². The molecule has 0 atom stereocenters. The van der Waals surface area contributed by atoms with Crippen LogP contribution in [0.4, 0.5) is 0 Å². The van der Waals surface area contributed by atoms with E-state index in [1.807, 2.05) is 30.3 Å². The molecule has 0 saturated carbocycles. The zero-order chi connectivity index (χ0) is 31.2. The normalized spacial score (nSPS) is 13.8. The van der Waals surface area contributed by atoms with E-state index in [0.29, 0.717) is 11.0 Å². The standard InChI is InChI=1S/C41H29NO2S2/c1-26-16-20-28(21-17-26)41(29-22-18-27(2)19-23-29)35-14-8-6-13-32(35)40-39(41)34-24-33-31-12-7-9-15-36(31)42(37(33)25-38(34)45-40)46(43,44)30-10-4-3-5-11-30/h3-25H,1-2H3. The first-order chi connectivity index (χ1) is 22.4. The smallest absolute Gasteiger partial charge is 0.233 e. The predicted octanol–water partition coefficient (Wildman–Crippen LogP) is 10.2. The molecule has 0 saturated heterocycles. The van der Waals surface area contributed by atoms with Crippen LogP contribution in [0.1, 0.15) is 33.4 Å². The number of nitrogens with zero attached hydrogens (tertiary/aromatic N) is 1. The summed E-state index contributed by atoms with van der Waals surface area (Å²) in [5, 5.41) is 3.01. The molecule has 5 heteroatoms. The van der Waals surface area contributed by atoms with Gasteiger partial charge in [0, 0.05) is 20.3 Å². The summed E-state index contributed by atoms with van der Waals surface area (Å²) in [7, 11) is -3.86. The molecule has 9 rings (SSSR count). The Morgan fingerprint density at radius 3 is 1.89 bits per heavy atom. The molecule has 46 heavy (non-hydrogen) atoms. The van der Waals surface area contributed by atoms with Crippen molar-refractivity contribution in [2.24, 2.45) is 0 Å². The number of fused-ring (bicyclic) bond motifs is 8. The highest BCUT2D eigenvalue weighted by Gasteiger charge is 2.48. The van der Waals surface area contributed by atoms with E-state index in [1.54, 1.807) is 39.6 Å². The molecular formula is C41H29NO2S2. The minimum absolute atomic E-state index is 0.276. The van der Waals surface area contributed by atoms with Crippen LogP contribution in [0.15, 0.2) is 144 Å². The molecule has 0 spiro atoms. The molecule has 0 N–H and O–H groups in total. The van der Waals surface area contributed by atoms with Gasteiger partial charge in [-0.2, -0.15) is 0 Å². The molecule has 0 amide bonds. The van der Waals surface area contributed by atoms with Gasteiger partial charge in [-0.05, 0) is 77.4 Å². The predicted molar refractivity (Wildman–Crippen MR) is 191 cm³/mol. The van der Waals surface area contributed by atoms with Crippen LogP contribution in [0, 0.1) is 13.8 Å². The van der Waals surface area contributed by atoms with Crippen molar-refractivity contribution in [3.05, 3.63) is 173 Å². The summed E-state index contributed by atoms with van der Waals surface area (Å²) in [4.78, 5) is 1.51. The molecule has 222 valence electrons. The highest BCUT2D eigenvalue weighted by molar-refractivity contribution is 7.90. The lowest BCUT2D eigenvalue weighted by Gasteiger charge is -2.34. The van der Waals surface area contributed by atoms with E-state index in [2.05, 4.69) is 98.8 Å². The molecule has 0 fully saturated rings. The van der Waals surface area contributed by atoms with Gasteiger partial charge in [-0.15, -0.1) is 11.3 Å². The maximum atomic E-state index is 14.3. The van der Waals surface area contributed by atoms with Gasteiger partial charge in [-0.1, -0.05) is 120 Å². The van der Waals surface area contributed by atoms with E-state index >= 15 is 0 Å². The summed E-state index contributed by atoms with van der Waals surface area (Å²) in [5.41, 5.74) is 9.51. The number of para-hydroxylation sites is 1. The van der Waals surface area contributed by atoms with Crippen molar-refractivity contribution in [1.82, 2.24) is 3.97 Å². The van der Waals surface area contributed by atoms with Crippen LogP contribution < -0.4 is 0 Å². The van der Waals surface area contributed by atoms with E-state index in [-0.39, 0.29) is 4.90 Å². The van der Waals surface area contributed by atoms with Crippen molar-refractivity contribution >= 4 is 53.3 Å². The Kier molecular flexibility index (Phi) is 5.80. The minimum atomic E-state index is -3.86. The highest BCUT2D eigenvalue weighted by Crippen LogP contribution is 2.61. The van der Waals surface area contributed by atoms with Crippen LogP contribution >= 0.6 is 11.3 Å². The van der Waals surface area contributed by atoms with E-state index in [9.17, 15) is 8.42 Å². The number of aromatic nitrogens is 1. The number of benzene rings is 6. The van der Waals surface area contributed by atoms with Crippen molar-refractivity contribution < 1.29 is 8.42 Å². The molecule has 2 aromatic heterocycles. The van der Waals surface area contributed by atoms with Crippen LogP contribution in [0.25, 0.3) is 42.3 Å². The van der Waals surface area contributed by atoms with Gasteiger partial charge in [0.25, 0.3) is 10.0 Å². The monoisotopic (exact) mass is 631 g/mol. The largest absolute Gasteiger partial charge is 0.268 e. The molecule has 8 aromatic rings. The topological polar surface area (TPSA) is 39.1 Å². The van der Waals surface area contributed by atoms with E-state index in [1.165, 1.54) is 43.8 Å². The van der Waals surface area contributed by atoms with Crippen molar-refractivity contribution in [1.29, 1.82) is 0 Å². The number of hydrogen-bond acceptors (Lipinski definition) is 3. The number of thiophene rings is 1. The zero-order valence-corrected chi connectivity index (χ0v) is 27.0. The van der Waals surface area contributed by atoms with Gasteiger partial charge in [0.15, 0.2) is 0 Å². The fourth-order valence-electron chi connectivity index (χ4n) is 7.56. The Morgan fingerprint density at radius 1 is 0.587 bits per heavy atom. The van der Waals surface area contributed by atoms with Gasteiger partial charge in [-0.3, -0.25) is 0 Å². The summed E-state index contributed by atoms with van der Waals surface area (Å²) in [6.07, 6.45) is 0. The average Bonchev–Trinajstić information content (AvgIpc) is 3.71. The quantitative estimate of drug-likeness (QED) is 0.194. The molecule has 3 nitrogen and oxygen atoms in total. The van der Waals surface area contributed by atoms with Gasteiger partial charge in [0.05, 0.1) is 21.3 Å². The average molecular weight is 632 g/mol. The molecule has 0 unspecified atom stereocenters. The van der Waals surface area contributed by atoms with Crippen LogP contribution in [-0.4, -0.2) is 12.4 Å². The molecule has 1 aliphatic rings. The first-order valence-corrected chi connectivity index (χ1v) is 17.7. The first-order valence-electron chi connectivity index (χ1n) is 15.4. The third-order valence-electron chi connectivity index (χ3n) is 9.64. The highest BCUT2D eigenvalue weighted by atomic mass is 32.2. The third kappa shape index (κ3) is 3.61. The van der Waals surface area contributed by atoms with E-state index in [4.69, 9.17) is 0 Å². The lowest BCUT2D eigenvalue weighted by Crippen LogP contribution is -2.28. The van der Waals surface area contributed by atoms with E-state index < -0.39 is 15.4 Å². The molecular weight excluding hydrogens is 603 g/mol. The van der Waals surface area contributed by atoms with Crippen LogP contribution in [-0.2, 0) is 15.4 Å². The van der Waals surface area contributed by atoms with Gasteiger partial charge in [0.1, 0.15) is 0 Å². The van der Waals surface area contributed by atoms with Crippen molar-refractivity contribution in [3.8, 4) is 10.4 Å². The second-order valence-electron chi connectivity index (χ2n) is 12.3. The second-order valence-corrected chi connectivity index (χ2v) is 15.1. The number of aryl methyl sites for hydroxylation is 2. The van der Waals surface area contributed by atoms with Gasteiger partial charge < -0.3 is 0 Å². The Morgan fingerprint density at radius 2 is 1.20 bits per heavy atom. The summed E-state index contributed by atoms with van der Waals surface area (Å²) < 4.78 is 31.1. The lowest BCUT2D eigenvalue weighted by atomic mass is 9.67. The Hall–Kier alpha value is -4.97. The Labute approximate surface area is 272 Å². The first kappa shape index (κ1) is 27.3. The number of rotatable bonds is 4. The summed E-state index contributed by atoms with van der Waals surface area (Å²) in [5.74, 6) is 0. The molecule has 0 bridgehead atoms.